The van der Waals surface area contributed by atoms with Crippen molar-refractivity contribution in [2.24, 2.45) is 5.92 Å². The third-order valence-corrected chi connectivity index (χ3v) is 3.81. The van der Waals surface area contributed by atoms with E-state index in [2.05, 4.69) is 20.9 Å². The van der Waals surface area contributed by atoms with E-state index in [1.54, 1.807) is 4.68 Å². The van der Waals surface area contributed by atoms with Gasteiger partial charge in [0.2, 0.25) is 0 Å². The molecule has 22 heavy (non-hydrogen) atoms. The highest BCUT2D eigenvalue weighted by molar-refractivity contribution is 5.93. The van der Waals surface area contributed by atoms with Crippen molar-refractivity contribution in [1.29, 1.82) is 0 Å². The lowest BCUT2D eigenvalue weighted by molar-refractivity contribution is 0.0936. The molecule has 1 aromatic heterocycles. The van der Waals surface area contributed by atoms with Crippen molar-refractivity contribution in [1.82, 2.24) is 25.6 Å². The minimum atomic E-state index is -0.155. The number of aryl methyl sites for hydroxylation is 1. The molecule has 0 aliphatic carbocycles. The van der Waals surface area contributed by atoms with E-state index < -0.39 is 0 Å². The molecule has 1 aliphatic heterocycles. The topological polar surface area (TPSA) is 71.8 Å². The van der Waals surface area contributed by atoms with E-state index in [0.717, 1.165) is 24.5 Å². The van der Waals surface area contributed by atoms with Gasteiger partial charge in [-0.3, -0.25) is 4.79 Å². The Morgan fingerprint density at radius 1 is 1.32 bits per heavy atom. The normalized spacial score (nSPS) is 14.1. The van der Waals surface area contributed by atoms with E-state index in [4.69, 9.17) is 0 Å². The highest BCUT2D eigenvalue weighted by Crippen LogP contribution is 2.13. The molecule has 0 saturated carbocycles. The largest absolute Gasteiger partial charge is 0.350 e. The molecule has 6 nitrogen and oxygen atoms in total. The Morgan fingerprint density at radius 2 is 2.00 bits per heavy atom. The molecule has 1 amide bonds. The quantitative estimate of drug-likeness (QED) is 0.889. The zero-order chi connectivity index (χ0) is 14.8. The van der Waals surface area contributed by atoms with Crippen LogP contribution >= 0.6 is 12.4 Å². The van der Waals surface area contributed by atoms with Crippen molar-refractivity contribution in [3.05, 3.63) is 41.2 Å². The molecule has 2 N–H and O–H groups in total. The van der Waals surface area contributed by atoms with Gasteiger partial charge in [0.25, 0.3) is 5.91 Å². The Balaban J connectivity index is 0.00000176. The third-order valence-electron chi connectivity index (χ3n) is 3.81. The van der Waals surface area contributed by atoms with Gasteiger partial charge in [-0.25, -0.2) is 4.68 Å². The summed E-state index contributed by atoms with van der Waals surface area (Å²) in [4.78, 5) is 12.2. The molecule has 118 valence electrons. The van der Waals surface area contributed by atoms with Crippen LogP contribution in [0.4, 0.5) is 0 Å². The average molecular weight is 322 g/mol. The zero-order valence-corrected chi connectivity index (χ0v) is 13.5. The summed E-state index contributed by atoms with van der Waals surface area (Å²) in [5.74, 6) is 0.374. The fourth-order valence-corrected chi connectivity index (χ4v) is 2.28. The first-order valence-electron chi connectivity index (χ1n) is 7.13. The summed E-state index contributed by atoms with van der Waals surface area (Å²) in [5.41, 5.74) is 3.24. The minimum Gasteiger partial charge on any atom is -0.350 e. The van der Waals surface area contributed by atoms with Gasteiger partial charge in [-0.15, -0.1) is 17.5 Å². The number of hydrogen-bond donors (Lipinski definition) is 2. The van der Waals surface area contributed by atoms with Crippen LogP contribution in [0.1, 0.15) is 21.7 Å². The smallest absolute Gasteiger partial charge is 0.273 e. The molecule has 0 spiro atoms. The fourth-order valence-electron chi connectivity index (χ4n) is 2.28. The molecule has 2 aromatic rings. The highest BCUT2D eigenvalue weighted by Gasteiger charge is 2.21. The van der Waals surface area contributed by atoms with Crippen LogP contribution in [0.2, 0.25) is 0 Å². The second kappa shape index (κ2) is 6.89. The van der Waals surface area contributed by atoms with Crippen LogP contribution in [0.25, 0.3) is 5.69 Å². The Labute approximate surface area is 135 Å². The molecule has 1 saturated heterocycles. The number of rotatable bonds is 4. The van der Waals surface area contributed by atoms with Gasteiger partial charge in [-0.2, -0.15) is 0 Å². The van der Waals surface area contributed by atoms with Crippen LogP contribution in [0.15, 0.2) is 24.3 Å². The van der Waals surface area contributed by atoms with Gasteiger partial charge in [0, 0.05) is 25.6 Å². The summed E-state index contributed by atoms with van der Waals surface area (Å²) in [6.07, 6.45) is 0. The lowest BCUT2D eigenvalue weighted by Gasteiger charge is -2.26. The monoisotopic (exact) mass is 321 g/mol. The van der Waals surface area contributed by atoms with Crippen molar-refractivity contribution in [2.45, 2.75) is 13.8 Å². The van der Waals surface area contributed by atoms with Gasteiger partial charge in [-0.05, 0) is 26.0 Å². The Hall–Kier alpha value is -1.92. The lowest BCUT2D eigenvalue weighted by Crippen LogP contribution is -2.48. The summed E-state index contributed by atoms with van der Waals surface area (Å²) < 4.78 is 1.69. The number of halogens is 1. The number of carbonyl (C=O) groups is 1. The van der Waals surface area contributed by atoms with Crippen molar-refractivity contribution in [3.63, 3.8) is 0 Å². The van der Waals surface area contributed by atoms with Crippen molar-refractivity contribution in [3.8, 4) is 5.69 Å². The van der Waals surface area contributed by atoms with Crippen molar-refractivity contribution < 1.29 is 4.79 Å². The second-order valence-electron chi connectivity index (χ2n) is 5.51. The molecule has 0 radical (unpaired) electrons. The summed E-state index contributed by atoms with van der Waals surface area (Å²) >= 11 is 0. The van der Waals surface area contributed by atoms with Gasteiger partial charge in [-0.1, -0.05) is 22.9 Å². The van der Waals surface area contributed by atoms with Crippen LogP contribution < -0.4 is 10.6 Å². The summed E-state index contributed by atoms with van der Waals surface area (Å²) in [6.45, 7) is 6.51. The molecule has 0 unspecified atom stereocenters. The van der Waals surface area contributed by atoms with Crippen molar-refractivity contribution in [2.75, 3.05) is 19.6 Å². The molecule has 1 fully saturated rings. The fraction of sp³-hybridized carbons (Fsp3) is 0.400. The molecule has 0 bridgehead atoms. The van der Waals surface area contributed by atoms with Crippen LogP contribution in [0.5, 0.6) is 0 Å². The molecule has 3 rings (SSSR count). The average Bonchev–Trinajstić information content (AvgIpc) is 2.80. The van der Waals surface area contributed by atoms with Crippen LogP contribution in [-0.2, 0) is 0 Å². The maximum atomic E-state index is 12.2. The third kappa shape index (κ3) is 3.28. The van der Waals surface area contributed by atoms with Gasteiger partial charge in [0.1, 0.15) is 0 Å². The van der Waals surface area contributed by atoms with Crippen LogP contribution in [-0.4, -0.2) is 40.5 Å². The number of carbonyl (C=O) groups excluding carboxylic acids is 1. The van der Waals surface area contributed by atoms with E-state index >= 15 is 0 Å². The van der Waals surface area contributed by atoms with Crippen LogP contribution in [0, 0.1) is 19.8 Å². The van der Waals surface area contributed by atoms with Gasteiger partial charge < -0.3 is 10.6 Å². The predicted octanol–water partition coefficient (Wildman–Crippen LogP) is 1.26. The first kappa shape index (κ1) is 16.5. The molecular formula is C15H20ClN5O. The number of hydrogen-bond acceptors (Lipinski definition) is 4. The molecule has 7 heteroatoms. The van der Waals surface area contributed by atoms with Gasteiger partial charge in [0.05, 0.1) is 11.4 Å². The zero-order valence-electron chi connectivity index (χ0n) is 12.7. The van der Waals surface area contributed by atoms with E-state index in [0.29, 0.717) is 18.2 Å². The number of benzene rings is 1. The van der Waals surface area contributed by atoms with Gasteiger partial charge in [0.15, 0.2) is 5.69 Å². The lowest BCUT2D eigenvalue weighted by atomic mass is 10.0. The Morgan fingerprint density at radius 3 is 2.59 bits per heavy atom. The highest BCUT2D eigenvalue weighted by atomic mass is 35.5. The minimum absolute atomic E-state index is 0. The van der Waals surface area contributed by atoms with E-state index in [1.165, 1.54) is 5.56 Å². The summed E-state index contributed by atoms with van der Waals surface area (Å²) in [7, 11) is 0. The molecular weight excluding hydrogens is 302 g/mol. The Kier molecular flexibility index (Phi) is 5.15. The first-order chi connectivity index (χ1) is 10.1. The molecule has 1 aromatic carbocycles. The number of nitrogens with one attached hydrogen (secondary N) is 2. The van der Waals surface area contributed by atoms with Crippen molar-refractivity contribution >= 4 is 18.3 Å². The first-order valence-corrected chi connectivity index (χ1v) is 7.13. The van der Waals surface area contributed by atoms with Gasteiger partial charge >= 0.3 is 0 Å². The number of amides is 1. The SMILES string of the molecule is Cc1ccc(-n2nnc(C(=O)NCC3CNC3)c2C)cc1.Cl. The Bertz CT molecular complexity index is 648. The molecule has 0 atom stereocenters. The van der Waals surface area contributed by atoms with E-state index in [-0.39, 0.29) is 18.3 Å². The molecule has 1 aliphatic rings. The second-order valence-corrected chi connectivity index (χ2v) is 5.51. The maximum Gasteiger partial charge on any atom is 0.273 e. The standard InChI is InChI=1S/C15H19N5O.ClH/c1-10-3-5-13(6-4-10)20-11(2)14(18-19-20)15(21)17-9-12-7-16-8-12;/h3-6,12,16H,7-9H2,1-2H3,(H,17,21);1H. The van der Waals surface area contributed by atoms with E-state index in [1.807, 2.05) is 38.1 Å². The molecule has 2 heterocycles. The van der Waals surface area contributed by atoms with E-state index in [9.17, 15) is 4.79 Å². The number of nitrogens with zero attached hydrogens (tertiary/aromatic N) is 3. The summed E-state index contributed by atoms with van der Waals surface area (Å²) in [6, 6.07) is 7.97. The summed E-state index contributed by atoms with van der Waals surface area (Å²) in [5, 5.41) is 14.2. The van der Waals surface area contributed by atoms with Crippen LogP contribution in [0.3, 0.4) is 0 Å². The number of aromatic nitrogens is 3. The maximum absolute atomic E-state index is 12.2. The predicted molar refractivity (Wildman–Crippen MR) is 86.8 cm³/mol.